The Balaban J connectivity index is 0. The molecule has 1 aromatic rings. The maximum atomic E-state index is 11.4. The molecule has 0 aliphatic rings. The van der Waals surface area contributed by atoms with Crippen LogP contribution >= 0.6 is 0 Å². The van der Waals surface area contributed by atoms with Crippen molar-refractivity contribution in [3.63, 3.8) is 0 Å². The van der Waals surface area contributed by atoms with Crippen molar-refractivity contribution in [1.82, 2.24) is 15.3 Å². The molecule has 0 aromatic carbocycles. The molecule has 0 unspecified atom stereocenters. The number of carbonyl (C=O) groups is 1. The van der Waals surface area contributed by atoms with Crippen molar-refractivity contribution in [2.45, 2.75) is 41.5 Å². The SMILES string of the molecule is C/C=C/CNC(=O)c1cnc(C)cn1.CC.CC. The number of aryl methyl sites for hydroxylation is 1. The summed E-state index contributed by atoms with van der Waals surface area (Å²) in [5.74, 6) is -0.199. The van der Waals surface area contributed by atoms with Gasteiger partial charge in [0.1, 0.15) is 5.69 Å². The number of hydrogen-bond donors (Lipinski definition) is 1. The second kappa shape index (κ2) is 13.4. The first kappa shape index (κ1) is 18.6. The lowest BCUT2D eigenvalue weighted by molar-refractivity contribution is 0.0952. The van der Waals surface area contributed by atoms with E-state index in [-0.39, 0.29) is 5.91 Å². The molecule has 18 heavy (non-hydrogen) atoms. The average Bonchev–Trinajstić information content (AvgIpc) is 2.44. The fourth-order valence-electron chi connectivity index (χ4n) is 0.870. The van der Waals surface area contributed by atoms with Crippen LogP contribution in [-0.2, 0) is 0 Å². The molecule has 0 aliphatic carbocycles. The van der Waals surface area contributed by atoms with Crippen molar-refractivity contribution in [3.05, 3.63) is 35.9 Å². The van der Waals surface area contributed by atoms with E-state index in [0.717, 1.165) is 5.69 Å². The van der Waals surface area contributed by atoms with Gasteiger partial charge >= 0.3 is 0 Å². The summed E-state index contributed by atoms with van der Waals surface area (Å²) in [5.41, 5.74) is 1.15. The number of amides is 1. The molecule has 1 N–H and O–H groups in total. The van der Waals surface area contributed by atoms with Crippen molar-refractivity contribution < 1.29 is 4.79 Å². The molecule has 1 aromatic heterocycles. The number of hydrogen-bond acceptors (Lipinski definition) is 3. The van der Waals surface area contributed by atoms with E-state index < -0.39 is 0 Å². The standard InChI is InChI=1S/C10H13N3O.2C2H6/c1-3-4-5-11-10(14)9-7-12-8(2)6-13-9;2*1-2/h3-4,6-7H,5H2,1-2H3,(H,11,14);2*1-2H3/b4-3+;;. The van der Waals surface area contributed by atoms with Crippen LogP contribution in [0.25, 0.3) is 0 Å². The summed E-state index contributed by atoms with van der Waals surface area (Å²) in [6.45, 7) is 12.2. The van der Waals surface area contributed by atoms with Gasteiger partial charge in [0.25, 0.3) is 5.91 Å². The summed E-state index contributed by atoms with van der Waals surface area (Å²) in [6.07, 6.45) is 6.78. The molecule has 0 saturated carbocycles. The van der Waals surface area contributed by atoms with Crippen molar-refractivity contribution in [2.24, 2.45) is 0 Å². The Kier molecular flexibility index (Phi) is 13.8. The smallest absolute Gasteiger partial charge is 0.271 e. The molecular weight excluding hydrogens is 226 g/mol. The lowest BCUT2D eigenvalue weighted by Gasteiger charge is -2.00. The van der Waals surface area contributed by atoms with Crippen LogP contribution < -0.4 is 5.32 Å². The van der Waals surface area contributed by atoms with Crippen molar-refractivity contribution >= 4 is 5.91 Å². The van der Waals surface area contributed by atoms with Crippen LogP contribution in [0, 0.1) is 6.92 Å². The summed E-state index contributed by atoms with van der Waals surface area (Å²) < 4.78 is 0. The summed E-state index contributed by atoms with van der Waals surface area (Å²) >= 11 is 0. The van der Waals surface area contributed by atoms with Gasteiger partial charge in [-0.2, -0.15) is 0 Å². The maximum absolute atomic E-state index is 11.4. The van der Waals surface area contributed by atoms with Crippen LogP contribution in [0.5, 0.6) is 0 Å². The second-order valence-electron chi connectivity index (χ2n) is 2.82. The van der Waals surface area contributed by atoms with Gasteiger partial charge < -0.3 is 5.32 Å². The monoisotopic (exact) mass is 251 g/mol. The van der Waals surface area contributed by atoms with Gasteiger partial charge in [0.05, 0.1) is 11.9 Å². The van der Waals surface area contributed by atoms with Gasteiger partial charge in [-0.15, -0.1) is 0 Å². The first-order chi connectivity index (χ1) is 8.74. The third-order valence-corrected chi connectivity index (χ3v) is 1.63. The molecule has 1 amide bonds. The lowest BCUT2D eigenvalue weighted by Crippen LogP contribution is -2.24. The Hall–Kier alpha value is -1.71. The third kappa shape index (κ3) is 8.44. The van der Waals surface area contributed by atoms with Crippen LogP contribution in [-0.4, -0.2) is 22.4 Å². The fraction of sp³-hybridized carbons (Fsp3) is 0.500. The molecule has 0 atom stereocenters. The van der Waals surface area contributed by atoms with E-state index in [0.29, 0.717) is 12.2 Å². The fourth-order valence-corrected chi connectivity index (χ4v) is 0.870. The number of carbonyl (C=O) groups excluding carboxylic acids is 1. The first-order valence-corrected chi connectivity index (χ1v) is 6.42. The first-order valence-electron chi connectivity index (χ1n) is 6.42. The van der Waals surface area contributed by atoms with Crippen molar-refractivity contribution in [1.29, 1.82) is 0 Å². The predicted molar refractivity (Wildman–Crippen MR) is 76.6 cm³/mol. The predicted octanol–water partition coefficient (Wildman–Crippen LogP) is 3.14. The van der Waals surface area contributed by atoms with Crippen molar-refractivity contribution in [2.75, 3.05) is 6.54 Å². The van der Waals surface area contributed by atoms with Gasteiger partial charge in [0.2, 0.25) is 0 Å². The largest absolute Gasteiger partial charge is 0.347 e. The Morgan fingerprint density at radius 1 is 1.22 bits per heavy atom. The highest BCUT2D eigenvalue weighted by molar-refractivity contribution is 5.91. The normalized spacial score (nSPS) is 8.78. The zero-order chi connectivity index (χ0) is 14.4. The molecule has 0 fully saturated rings. The Morgan fingerprint density at radius 2 is 1.83 bits per heavy atom. The molecule has 0 aliphatic heterocycles. The maximum Gasteiger partial charge on any atom is 0.271 e. The summed E-state index contributed by atoms with van der Waals surface area (Å²) in [7, 11) is 0. The van der Waals surface area contributed by atoms with E-state index in [1.807, 2.05) is 53.7 Å². The van der Waals surface area contributed by atoms with E-state index in [2.05, 4.69) is 15.3 Å². The molecular formula is C14H25N3O. The molecule has 1 heterocycles. The number of nitrogens with zero attached hydrogens (tertiary/aromatic N) is 2. The van der Waals surface area contributed by atoms with Gasteiger partial charge in [-0.05, 0) is 13.8 Å². The van der Waals surface area contributed by atoms with E-state index in [1.54, 1.807) is 6.20 Å². The Morgan fingerprint density at radius 3 is 2.28 bits per heavy atom. The molecule has 4 heteroatoms. The van der Waals surface area contributed by atoms with Gasteiger partial charge in [-0.1, -0.05) is 39.8 Å². The quantitative estimate of drug-likeness (QED) is 0.840. The average molecular weight is 251 g/mol. The highest BCUT2D eigenvalue weighted by atomic mass is 16.1. The number of allylic oxidation sites excluding steroid dienone is 1. The van der Waals surface area contributed by atoms with Gasteiger partial charge in [0.15, 0.2) is 0 Å². The number of nitrogens with one attached hydrogen (secondary N) is 1. The topological polar surface area (TPSA) is 54.9 Å². The second-order valence-corrected chi connectivity index (χ2v) is 2.82. The lowest BCUT2D eigenvalue weighted by atomic mass is 10.4. The van der Waals surface area contributed by atoms with Crippen LogP contribution in [0.2, 0.25) is 0 Å². The highest BCUT2D eigenvalue weighted by Crippen LogP contribution is 1.93. The van der Waals surface area contributed by atoms with Crippen LogP contribution in [0.3, 0.4) is 0 Å². The summed E-state index contributed by atoms with van der Waals surface area (Å²) in [4.78, 5) is 19.3. The van der Waals surface area contributed by atoms with Crippen LogP contribution in [0.4, 0.5) is 0 Å². The minimum Gasteiger partial charge on any atom is -0.347 e. The number of aromatic nitrogens is 2. The molecule has 1 rings (SSSR count). The zero-order valence-electron chi connectivity index (χ0n) is 12.3. The van der Waals surface area contributed by atoms with E-state index in [1.165, 1.54) is 6.20 Å². The molecule has 0 radical (unpaired) electrons. The Bertz CT molecular complexity index is 331. The van der Waals surface area contributed by atoms with E-state index in [4.69, 9.17) is 0 Å². The van der Waals surface area contributed by atoms with Crippen LogP contribution in [0.15, 0.2) is 24.5 Å². The summed E-state index contributed by atoms with van der Waals surface area (Å²) in [5, 5.41) is 2.69. The minimum absolute atomic E-state index is 0.199. The molecule has 0 spiro atoms. The number of rotatable bonds is 3. The van der Waals surface area contributed by atoms with Gasteiger partial charge in [0, 0.05) is 12.7 Å². The molecule has 102 valence electrons. The third-order valence-electron chi connectivity index (χ3n) is 1.63. The zero-order valence-corrected chi connectivity index (χ0v) is 12.3. The van der Waals surface area contributed by atoms with Gasteiger partial charge in [-0.3, -0.25) is 9.78 Å². The van der Waals surface area contributed by atoms with Crippen molar-refractivity contribution in [3.8, 4) is 0 Å². The molecule has 4 nitrogen and oxygen atoms in total. The molecule has 0 saturated heterocycles. The van der Waals surface area contributed by atoms with Crippen LogP contribution in [0.1, 0.15) is 50.8 Å². The van der Waals surface area contributed by atoms with Gasteiger partial charge in [-0.25, -0.2) is 4.98 Å². The summed E-state index contributed by atoms with van der Waals surface area (Å²) in [6, 6.07) is 0. The minimum atomic E-state index is -0.199. The highest BCUT2D eigenvalue weighted by Gasteiger charge is 2.04. The molecule has 0 bridgehead atoms. The van der Waals surface area contributed by atoms with E-state index in [9.17, 15) is 4.79 Å². The van der Waals surface area contributed by atoms with E-state index >= 15 is 0 Å². The Labute approximate surface area is 111 Å².